The first-order valence-electron chi connectivity index (χ1n) is 10.4. The Hall–Kier alpha value is -2.96. The molecule has 2 aliphatic rings. The van der Waals surface area contributed by atoms with E-state index < -0.39 is 0 Å². The van der Waals surface area contributed by atoms with Gasteiger partial charge in [0, 0.05) is 37.5 Å². The molecule has 0 radical (unpaired) electrons. The normalized spacial score (nSPS) is 21.4. The molecule has 7 heteroatoms. The van der Waals surface area contributed by atoms with Crippen LogP contribution in [-0.4, -0.2) is 29.7 Å². The molecule has 3 heterocycles. The Morgan fingerprint density at radius 3 is 2.07 bits per heavy atom. The molecular weight excluding hydrogens is 364 g/mol. The Balaban J connectivity index is 1.16. The Labute approximate surface area is 169 Å². The lowest BCUT2D eigenvalue weighted by Crippen LogP contribution is -2.19. The fraction of sp³-hybridized carbons (Fsp3) is 0.455. The summed E-state index contributed by atoms with van der Waals surface area (Å²) in [6.07, 6.45) is 17.0. The summed E-state index contributed by atoms with van der Waals surface area (Å²) in [7, 11) is 0. The van der Waals surface area contributed by atoms with E-state index in [0.29, 0.717) is 23.4 Å². The summed E-state index contributed by atoms with van der Waals surface area (Å²) in [5, 5.41) is 4.06. The molecule has 2 atom stereocenters. The maximum atomic E-state index is 11.9. The van der Waals surface area contributed by atoms with Crippen LogP contribution in [0.25, 0.3) is 5.69 Å². The molecule has 29 heavy (non-hydrogen) atoms. The molecule has 0 aromatic carbocycles. The maximum absolute atomic E-state index is 11.9. The van der Waals surface area contributed by atoms with Gasteiger partial charge in [-0.05, 0) is 61.5 Å². The molecule has 2 saturated carbocycles. The maximum Gasteiger partial charge on any atom is 0.271 e. The van der Waals surface area contributed by atoms with Crippen LogP contribution >= 0.6 is 0 Å². The highest BCUT2D eigenvalue weighted by Crippen LogP contribution is 2.39. The van der Waals surface area contributed by atoms with Crippen molar-refractivity contribution in [2.75, 3.05) is 0 Å². The van der Waals surface area contributed by atoms with E-state index in [1.54, 1.807) is 24.7 Å². The van der Waals surface area contributed by atoms with Crippen molar-refractivity contribution in [3.8, 4) is 5.69 Å². The van der Waals surface area contributed by atoms with Crippen molar-refractivity contribution in [3.05, 3.63) is 70.7 Å². The first kappa shape index (κ1) is 18.1. The van der Waals surface area contributed by atoms with Gasteiger partial charge in [-0.2, -0.15) is 9.78 Å². The van der Waals surface area contributed by atoms with Crippen LogP contribution in [-0.2, 0) is 12.8 Å². The van der Waals surface area contributed by atoms with Gasteiger partial charge in [-0.15, -0.1) is 0 Å². The highest BCUT2D eigenvalue weighted by atomic mass is 16.1. The lowest BCUT2D eigenvalue weighted by atomic mass is 9.99. The van der Waals surface area contributed by atoms with Crippen LogP contribution in [0.4, 0.5) is 0 Å². The average molecular weight is 388 g/mol. The van der Waals surface area contributed by atoms with Gasteiger partial charge >= 0.3 is 0 Å². The fourth-order valence-corrected chi connectivity index (χ4v) is 4.28. The van der Waals surface area contributed by atoms with Crippen molar-refractivity contribution >= 4 is 0 Å². The van der Waals surface area contributed by atoms with E-state index in [4.69, 9.17) is 0 Å². The van der Waals surface area contributed by atoms with E-state index in [1.807, 2.05) is 12.4 Å². The molecule has 0 bridgehead atoms. The summed E-state index contributed by atoms with van der Waals surface area (Å²) in [5.74, 6) is 3.74. The highest BCUT2D eigenvalue weighted by Gasteiger charge is 2.27. The van der Waals surface area contributed by atoms with Crippen molar-refractivity contribution in [1.29, 1.82) is 0 Å². The Bertz CT molecular complexity index is 1030. The number of hydrogen-bond acceptors (Lipinski definition) is 6. The van der Waals surface area contributed by atoms with Crippen LogP contribution in [0.15, 0.2) is 47.9 Å². The predicted octanol–water partition coefficient (Wildman–Crippen LogP) is 2.89. The Morgan fingerprint density at radius 2 is 1.48 bits per heavy atom. The van der Waals surface area contributed by atoms with Crippen LogP contribution in [0, 0.1) is 11.8 Å². The number of hydrogen-bond donors (Lipinski definition) is 0. The first-order valence-corrected chi connectivity index (χ1v) is 10.4. The Kier molecular flexibility index (Phi) is 4.87. The third kappa shape index (κ3) is 4.23. The second-order valence-corrected chi connectivity index (χ2v) is 8.29. The molecule has 2 aliphatic carbocycles. The molecule has 3 aromatic heterocycles. The van der Waals surface area contributed by atoms with Gasteiger partial charge in [0.25, 0.3) is 5.56 Å². The van der Waals surface area contributed by atoms with Crippen LogP contribution in [0.5, 0.6) is 0 Å². The summed E-state index contributed by atoms with van der Waals surface area (Å²) in [6, 6.07) is 3.10. The summed E-state index contributed by atoms with van der Waals surface area (Å²) in [5.41, 5.74) is 1.71. The number of nitrogens with zero attached hydrogens (tertiary/aromatic N) is 6. The molecular formula is C22H24N6O. The Morgan fingerprint density at radius 1 is 0.862 bits per heavy atom. The molecule has 148 valence electrons. The van der Waals surface area contributed by atoms with E-state index >= 15 is 0 Å². The van der Waals surface area contributed by atoms with Gasteiger partial charge in [0.05, 0.1) is 12.4 Å². The van der Waals surface area contributed by atoms with Crippen LogP contribution in [0.1, 0.15) is 55.2 Å². The van der Waals surface area contributed by atoms with Gasteiger partial charge in [0.2, 0.25) is 0 Å². The number of aromatic nitrogens is 6. The standard InChI is InChI=1S/C22H24N6O/c29-22-2-1-7-27-28(22)19-13-25-21(26-14-19)10-16-4-3-15(8-16)9-20-23-11-18(12-24-20)17-5-6-17/h1-2,7,11-17H,3-6,8-10H2/t15-,16-/m0/s1. The summed E-state index contributed by atoms with van der Waals surface area (Å²) in [6.45, 7) is 0. The lowest BCUT2D eigenvalue weighted by molar-refractivity contribution is 0.472. The van der Waals surface area contributed by atoms with Gasteiger partial charge in [-0.3, -0.25) is 4.79 Å². The van der Waals surface area contributed by atoms with Gasteiger partial charge in [0.15, 0.2) is 0 Å². The SMILES string of the molecule is O=c1cccnn1-c1cnc(C[C@H]2CC[C@H](Cc3ncc(C4CC4)cn3)C2)nc1. The molecule has 2 fully saturated rings. The highest BCUT2D eigenvalue weighted by molar-refractivity contribution is 5.23. The zero-order valence-electron chi connectivity index (χ0n) is 16.3. The lowest BCUT2D eigenvalue weighted by Gasteiger charge is -2.11. The van der Waals surface area contributed by atoms with Gasteiger partial charge in [-0.25, -0.2) is 19.9 Å². The monoisotopic (exact) mass is 388 g/mol. The van der Waals surface area contributed by atoms with Crippen molar-refractivity contribution in [3.63, 3.8) is 0 Å². The predicted molar refractivity (Wildman–Crippen MR) is 108 cm³/mol. The van der Waals surface area contributed by atoms with Gasteiger partial charge < -0.3 is 0 Å². The summed E-state index contributed by atoms with van der Waals surface area (Å²) < 4.78 is 1.31. The van der Waals surface area contributed by atoms with Crippen LogP contribution < -0.4 is 5.56 Å². The molecule has 0 N–H and O–H groups in total. The zero-order valence-corrected chi connectivity index (χ0v) is 16.3. The molecule has 7 nitrogen and oxygen atoms in total. The van der Waals surface area contributed by atoms with Gasteiger partial charge in [-0.1, -0.05) is 0 Å². The average Bonchev–Trinajstić information content (AvgIpc) is 3.51. The largest absolute Gasteiger partial charge is 0.271 e. The minimum atomic E-state index is -0.185. The number of rotatable bonds is 6. The summed E-state index contributed by atoms with van der Waals surface area (Å²) >= 11 is 0. The topological polar surface area (TPSA) is 86.5 Å². The van der Waals surface area contributed by atoms with E-state index in [-0.39, 0.29) is 5.56 Å². The zero-order chi connectivity index (χ0) is 19.6. The molecule has 0 spiro atoms. The minimum Gasteiger partial charge on any atom is -0.267 e. The summed E-state index contributed by atoms with van der Waals surface area (Å²) in [4.78, 5) is 30.0. The van der Waals surface area contributed by atoms with Crippen molar-refractivity contribution in [2.45, 2.75) is 50.9 Å². The van der Waals surface area contributed by atoms with E-state index in [9.17, 15) is 4.79 Å². The second kappa shape index (κ2) is 7.81. The third-order valence-electron chi connectivity index (χ3n) is 6.02. The minimum absolute atomic E-state index is 0.185. The fourth-order valence-electron chi connectivity index (χ4n) is 4.28. The van der Waals surface area contributed by atoms with Crippen molar-refractivity contribution in [2.24, 2.45) is 11.8 Å². The molecule has 0 unspecified atom stereocenters. The van der Waals surface area contributed by atoms with Crippen molar-refractivity contribution < 1.29 is 0 Å². The third-order valence-corrected chi connectivity index (χ3v) is 6.02. The van der Waals surface area contributed by atoms with Gasteiger partial charge in [0.1, 0.15) is 17.3 Å². The van der Waals surface area contributed by atoms with E-state index in [1.165, 1.54) is 48.4 Å². The molecule has 0 saturated heterocycles. The first-order chi connectivity index (χ1) is 14.2. The van der Waals surface area contributed by atoms with Crippen LogP contribution in [0.2, 0.25) is 0 Å². The van der Waals surface area contributed by atoms with E-state index in [0.717, 1.165) is 24.5 Å². The molecule has 0 amide bonds. The van der Waals surface area contributed by atoms with Crippen molar-refractivity contribution in [1.82, 2.24) is 29.7 Å². The molecule has 0 aliphatic heterocycles. The smallest absolute Gasteiger partial charge is 0.267 e. The quantitative estimate of drug-likeness (QED) is 0.645. The molecule has 5 rings (SSSR count). The van der Waals surface area contributed by atoms with Crippen LogP contribution in [0.3, 0.4) is 0 Å². The second-order valence-electron chi connectivity index (χ2n) is 8.29. The van der Waals surface area contributed by atoms with E-state index in [2.05, 4.69) is 25.0 Å². The molecule has 3 aromatic rings.